The second-order valence-corrected chi connectivity index (χ2v) is 5.26. The Labute approximate surface area is 149 Å². The topological polar surface area (TPSA) is 90.6 Å². The van der Waals surface area contributed by atoms with E-state index in [1.807, 2.05) is 30.3 Å². The van der Waals surface area contributed by atoms with Crippen LogP contribution >= 0.6 is 0 Å². The van der Waals surface area contributed by atoms with Crippen LogP contribution in [0.4, 0.5) is 17.2 Å². The number of methoxy groups -OCH3 is 1. The fourth-order valence-corrected chi connectivity index (χ4v) is 2.41. The molecule has 0 amide bonds. The van der Waals surface area contributed by atoms with Crippen molar-refractivity contribution in [2.75, 3.05) is 19.1 Å². The van der Waals surface area contributed by atoms with E-state index in [0.717, 1.165) is 5.69 Å². The van der Waals surface area contributed by atoms with Crippen LogP contribution < -0.4 is 14.4 Å². The van der Waals surface area contributed by atoms with Gasteiger partial charge in [-0.05, 0) is 24.3 Å². The Morgan fingerprint density at radius 2 is 1.65 bits per heavy atom. The number of para-hydroxylation sites is 3. The van der Waals surface area contributed by atoms with E-state index in [4.69, 9.17) is 9.47 Å². The van der Waals surface area contributed by atoms with E-state index < -0.39 is 4.92 Å². The van der Waals surface area contributed by atoms with Gasteiger partial charge in [0.2, 0.25) is 5.82 Å². The molecule has 0 aliphatic heterocycles. The predicted molar refractivity (Wildman–Crippen MR) is 96.3 cm³/mol. The first-order chi connectivity index (χ1) is 12.6. The van der Waals surface area contributed by atoms with Crippen LogP contribution in [0.3, 0.4) is 0 Å². The number of hydrogen-bond donors (Lipinski definition) is 0. The van der Waals surface area contributed by atoms with Gasteiger partial charge in [0.05, 0.1) is 12.0 Å². The number of hydrogen-bond acceptors (Lipinski definition) is 7. The number of anilines is 2. The van der Waals surface area contributed by atoms with Gasteiger partial charge in [-0.3, -0.25) is 10.1 Å². The van der Waals surface area contributed by atoms with Gasteiger partial charge >= 0.3 is 11.6 Å². The van der Waals surface area contributed by atoms with E-state index in [0.29, 0.717) is 11.5 Å². The van der Waals surface area contributed by atoms with E-state index in [-0.39, 0.29) is 17.4 Å². The molecular formula is C18H16N4O4. The van der Waals surface area contributed by atoms with Crippen LogP contribution in [0.1, 0.15) is 0 Å². The van der Waals surface area contributed by atoms with Crippen molar-refractivity contribution in [3.8, 4) is 17.4 Å². The second kappa shape index (κ2) is 7.47. The lowest BCUT2D eigenvalue weighted by Crippen LogP contribution is -2.14. The fourth-order valence-electron chi connectivity index (χ4n) is 2.41. The molecule has 0 fully saturated rings. The summed E-state index contributed by atoms with van der Waals surface area (Å²) in [6.07, 6.45) is 1.23. The average molecular weight is 352 g/mol. The zero-order valence-electron chi connectivity index (χ0n) is 14.2. The van der Waals surface area contributed by atoms with Gasteiger partial charge in [0.1, 0.15) is 6.33 Å². The van der Waals surface area contributed by atoms with E-state index in [2.05, 4.69) is 9.97 Å². The van der Waals surface area contributed by atoms with Crippen molar-refractivity contribution in [2.24, 2.45) is 0 Å². The van der Waals surface area contributed by atoms with Crippen LogP contribution in [0.5, 0.6) is 17.4 Å². The summed E-state index contributed by atoms with van der Waals surface area (Å²) < 4.78 is 10.9. The first-order valence-corrected chi connectivity index (χ1v) is 7.71. The molecule has 0 unspecified atom stereocenters. The largest absolute Gasteiger partial charge is 0.493 e. The Bertz CT molecular complexity index is 918. The maximum Gasteiger partial charge on any atom is 0.373 e. The summed E-state index contributed by atoms with van der Waals surface area (Å²) in [7, 11) is 3.18. The molecule has 0 saturated carbocycles. The molecule has 2 aromatic carbocycles. The van der Waals surface area contributed by atoms with Crippen molar-refractivity contribution in [3.05, 3.63) is 71.0 Å². The lowest BCUT2D eigenvalue weighted by molar-refractivity contribution is -0.385. The highest BCUT2D eigenvalue weighted by Gasteiger charge is 2.28. The van der Waals surface area contributed by atoms with Crippen molar-refractivity contribution in [1.82, 2.24) is 9.97 Å². The van der Waals surface area contributed by atoms with Crippen molar-refractivity contribution in [3.63, 3.8) is 0 Å². The van der Waals surface area contributed by atoms with Gasteiger partial charge in [0.25, 0.3) is 0 Å². The van der Waals surface area contributed by atoms with Crippen LogP contribution in [0.25, 0.3) is 0 Å². The summed E-state index contributed by atoms with van der Waals surface area (Å²) in [5, 5.41) is 11.7. The van der Waals surface area contributed by atoms with Gasteiger partial charge in [-0.25, -0.2) is 4.98 Å². The van der Waals surface area contributed by atoms with E-state index >= 15 is 0 Å². The van der Waals surface area contributed by atoms with Crippen LogP contribution in [0.15, 0.2) is 60.9 Å². The first-order valence-electron chi connectivity index (χ1n) is 7.71. The average Bonchev–Trinajstić information content (AvgIpc) is 2.68. The zero-order chi connectivity index (χ0) is 18.5. The summed E-state index contributed by atoms with van der Waals surface area (Å²) in [4.78, 5) is 20.8. The number of ether oxygens (including phenoxy) is 2. The van der Waals surface area contributed by atoms with E-state index in [9.17, 15) is 10.1 Å². The van der Waals surface area contributed by atoms with E-state index in [1.165, 1.54) is 13.4 Å². The number of rotatable bonds is 6. The molecule has 0 bridgehead atoms. The van der Waals surface area contributed by atoms with Crippen LogP contribution in [0, 0.1) is 10.1 Å². The highest BCUT2D eigenvalue weighted by Crippen LogP contribution is 2.39. The SMILES string of the molecule is COc1ccccc1Oc1ncnc(N(C)c2ccccc2)c1[N+](=O)[O-]. The normalized spacial score (nSPS) is 10.2. The molecule has 0 aliphatic rings. The Morgan fingerprint density at radius 1 is 1.00 bits per heavy atom. The molecule has 0 N–H and O–H groups in total. The number of nitrogens with zero attached hydrogens (tertiary/aromatic N) is 4. The quantitative estimate of drug-likeness (QED) is 0.490. The van der Waals surface area contributed by atoms with Gasteiger partial charge in [0, 0.05) is 12.7 Å². The lowest BCUT2D eigenvalue weighted by atomic mass is 10.3. The molecule has 3 aromatic rings. The van der Waals surface area contributed by atoms with Crippen LogP contribution in [-0.2, 0) is 0 Å². The minimum atomic E-state index is -0.556. The number of aromatic nitrogens is 2. The van der Waals surface area contributed by atoms with Crippen LogP contribution in [-0.4, -0.2) is 29.0 Å². The molecule has 0 atom stereocenters. The van der Waals surface area contributed by atoms with E-state index in [1.54, 1.807) is 36.2 Å². The maximum atomic E-state index is 11.7. The highest BCUT2D eigenvalue weighted by atomic mass is 16.6. The maximum absolute atomic E-state index is 11.7. The third kappa shape index (κ3) is 3.39. The van der Waals surface area contributed by atoms with Crippen molar-refractivity contribution in [2.45, 2.75) is 0 Å². The third-order valence-electron chi connectivity index (χ3n) is 3.69. The predicted octanol–water partition coefficient (Wildman–Crippen LogP) is 3.95. The monoisotopic (exact) mass is 352 g/mol. The molecule has 1 aromatic heterocycles. The third-order valence-corrected chi connectivity index (χ3v) is 3.69. The Hall–Kier alpha value is -3.68. The molecular weight excluding hydrogens is 336 g/mol. The fraction of sp³-hybridized carbons (Fsp3) is 0.111. The molecule has 26 heavy (non-hydrogen) atoms. The summed E-state index contributed by atoms with van der Waals surface area (Å²) in [6, 6.07) is 16.0. The minimum Gasteiger partial charge on any atom is -0.493 e. The molecule has 132 valence electrons. The second-order valence-electron chi connectivity index (χ2n) is 5.26. The van der Waals surface area contributed by atoms with Crippen molar-refractivity contribution < 1.29 is 14.4 Å². The first kappa shape index (κ1) is 17.2. The van der Waals surface area contributed by atoms with Crippen LogP contribution in [0.2, 0.25) is 0 Å². The molecule has 8 nitrogen and oxygen atoms in total. The molecule has 0 radical (unpaired) electrons. The molecule has 3 rings (SSSR count). The molecule has 1 heterocycles. The summed E-state index contributed by atoms with van der Waals surface area (Å²) in [5.74, 6) is 0.733. The number of nitro groups is 1. The van der Waals surface area contributed by atoms with Gasteiger partial charge in [-0.2, -0.15) is 4.98 Å². The smallest absolute Gasteiger partial charge is 0.373 e. The Balaban J connectivity index is 2.06. The minimum absolute atomic E-state index is 0.126. The standard InChI is InChI=1S/C18H16N4O4/c1-21(13-8-4-3-5-9-13)17-16(22(23)24)18(20-12-19-17)26-15-11-7-6-10-14(15)25-2/h3-12H,1-2H3. The molecule has 0 aliphatic carbocycles. The van der Waals surface area contributed by atoms with Crippen molar-refractivity contribution in [1.29, 1.82) is 0 Å². The summed E-state index contributed by atoms with van der Waals surface area (Å²) >= 11 is 0. The Kier molecular flexibility index (Phi) is 4.93. The van der Waals surface area contributed by atoms with Gasteiger partial charge in [-0.15, -0.1) is 0 Å². The van der Waals surface area contributed by atoms with Gasteiger partial charge < -0.3 is 14.4 Å². The molecule has 0 spiro atoms. The number of benzene rings is 2. The summed E-state index contributed by atoms with van der Waals surface area (Å²) in [5.41, 5.74) is 0.419. The summed E-state index contributed by atoms with van der Waals surface area (Å²) in [6.45, 7) is 0. The molecule has 0 saturated heterocycles. The van der Waals surface area contributed by atoms with Crippen molar-refractivity contribution >= 4 is 17.2 Å². The Morgan fingerprint density at radius 3 is 2.31 bits per heavy atom. The molecule has 8 heteroatoms. The lowest BCUT2D eigenvalue weighted by Gasteiger charge is -2.18. The van der Waals surface area contributed by atoms with Gasteiger partial charge in [-0.1, -0.05) is 30.3 Å². The highest BCUT2D eigenvalue weighted by molar-refractivity contribution is 5.70. The zero-order valence-corrected chi connectivity index (χ0v) is 14.2. The van der Waals surface area contributed by atoms with Gasteiger partial charge in [0.15, 0.2) is 11.5 Å².